The predicted molar refractivity (Wildman–Crippen MR) is 142 cm³/mol. The number of aromatic nitrogens is 4. The number of hydrogen-bond acceptors (Lipinski definition) is 7. The van der Waals surface area contributed by atoms with Crippen LogP contribution in [0.15, 0.2) is 42.7 Å². The van der Waals surface area contributed by atoms with Crippen LogP contribution in [0.4, 0.5) is 16.2 Å². The Morgan fingerprint density at radius 1 is 1.13 bits per heavy atom. The van der Waals surface area contributed by atoms with E-state index in [1.54, 1.807) is 18.2 Å². The van der Waals surface area contributed by atoms with Gasteiger partial charge in [-0.3, -0.25) is 19.7 Å². The minimum atomic E-state index is -1.28. The van der Waals surface area contributed by atoms with Gasteiger partial charge in [0.25, 0.3) is 5.91 Å². The summed E-state index contributed by atoms with van der Waals surface area (Å²) in [6, 6.07) is 8.66. The van der Waals surface area contributed by atoms with Gasteiger partial charge in [0.05, 0.1) is 16.9 Å². The largest absolute Gasteiger partial charge is 0.465 e. The molecule has 14 heteroatoms. The van der Waals surface area contributed by atoms with Crippen LogP contribution in [-0.2, 0) is 16.0 Å². The minimum absolute atomic E-state index is 0.114. The molecule has 0 bridgehead atoms. The number of rotatable bonds is 6. The molecule has 13 nitrogen and oxygen atoms in total. The van der Waals surface area contributed by atoms with E-state index < -0.39 is 18.0 Å². The molecule has 39 heavy (non-hydrogen) atoms. The number of tetrazole rings is 1. The number of benzene rings is 2. The number of halogens is 1. The molecule has 0 radical (unpaired) electrons. The number of carboxylic acid groups (broad SMARTS) is 1. The van der Waals surface area contributed by atoms with Crippen molar-refractivity contribution < 1.29 is 24.3 Å². The Labute approximate surface area is 228 Å². The molecule has 3 aromatic rings. The van der Waals surface area contributed by atoms with Crippen LogP contribution in [0.2, 0.25) is 5.02 Å². The Kier molecular flexibility index (Phi) is 9.05. The van der Waals surface area contributed by atoms with Crippen molar-refractivity contribution >= 4 is 46.8 Å². The second-order valence-electron chi connectivity index (χ2n) is 8.93. The summed E-state index contributed by atoms with van der Waals surface area (Å²) in [6.07, 6.45) is 3.18. The average molecular weight is 555 g/mol. The summed E-state index contributed by atoms with van der Waals surface area (Å²) in [7, 11) is 0. The SMILES string of the molecule is O=C(O)Nc1ccc2c(c1)NC(=O)CCCCCC(C(=O)NCCc1cc(Cl)ccc1-n1cnnn1)NC2=O. The van der Waals surface area contributed by atoms with Crippen molar-refractivity contribution in [3.8, 4) is 5.69 Å². The number of hydrogen-bond donors (Lipinski definition) is 5. The van der Waals surface area contributed by atoms with Gasteiger partial charge in [0, 0.05) is 23.7 Å². The van der Waals surface area contributed by atoms with Crippen LogP contribution in [0.3, 0.4) is 0 Å². The third kappa shape index (κ3) is 7.51. The van der Waals surface area contributed by atoms with Gasteiger partial charge in [0.15, 0.2) is 0 Å². The number of carbonyl (C=O) groups excluding carboxylic acids is 3. The molecular formula is C25H27ClN8O5. The molecule has 1 unspecified atom stereocenters. The topological polar surface area (TPSA) is 180 Å². The second-order valence-corrected chi connectivity index (χ2v) is 9.37. The summed E-state index contributed by atoms with van der Waals surface area (Å²) in [5.41, 5.74) is 2.02. The van der Waals surface area contributed by atoms with Crippen LogP contribution >= 0.6 is 11.6 Å². The zero-order valence-corrected chi connectivity index (χ0v) is 21.6. The van der Waals surface area contributed by atoms with Crippen molar-refractivity contribution in [2.24, 2.45) is 0 Å². The van der Waals surface area contributed by atoms with E-state index in [0.717, 1.165) is 11.3 Å². The van der Waals surface area contributed by atoms with Crippen molar-refractivity contribution in [3.05, 3.63) is 58.9 Å². The maximum atomic E-state index is 13.2. The standard InChI is InChI=1S/C25H27ClN8O5/c26-16-6-9-21(34-14-28-32-33-34)15(12-16)10-11-27-24(37)19-4-2-1-3-5-22(35)30-20-13-17(29-25(38)39)7-8-18(20)23(36)31-19/h6-9,12-14,19,29H,1-5,10-11H2,(H,27,37)(H,30,35)(H,31,36)(H,38,39). The molecule has 1 aliphatic heterocycles. The summed E-state index contributed by atoms with van der Waals surface area (Å²) in [4.78, 5) is 49.7. The lowest BCUT2D eigenvalue weighted by Crippen LogP contribution is -2.47. The van der Waals surface area contributed by atoms with Crippen LogP contribution in [0.1, 0.15) is 48.0 Å². The van der Waals surface area contributed by atoms with E-state index in [1.807, 2.05) is 0 Å². The lowest BCUT2D eigenvalue weighted by atomic mass is 10.0. The lowest BCUT2D eigenvalue weighted by Gasteiger charge is -2.21. The van der Waals surface area contributed by atoms with Gasteiger partial charge >= 0.3 is 6.09 Å². The molecule has 2 heterocycles. The monoisotopic (exact) mass is 554 g/mol. The molecule has 0 spiro atoms. The number of fused-ring (bicyclic) bond motifs is 1. The maximum absolute atomic E-state index is 13.2. The van der Waals surface area contributed by atoms with Crippen molar-refractivity contribution in [2.45, 2.75) is 44.6 Å². The Hall–Kier alpha value is -4.52. The molecule has 0 aliphatic carbocycles. The molecule has 5 N–H and O–H groups in total. The van der Waals surface area contributed by atoms with E-state index in [4.69, 9.17) is 16.7 Å². The van der Waals surface area contributed by atoms with E-state index in [-0.39, 0.29) is 41.7 Å². The summed E-state index contributed by atoms with van der Waals surface area (Å²) < 4.78 is 1.51. The first-order chi connectivity index (χ1) is 18.8. The summed E-state index contributed by atoms with van der Waals surface area (Å²) in [5.74, 6) is -1.20. The van der Waals surface area contributed by atoms with E-state index >= 15 is 0 Å². The van der Waals surface area contributed by atoms with E-state index in [0.29, 0.717) is 37.1 Å². The highest BCUT2D eigenvalue weighted by molar-refractivity contribution is 6.30. The van der Waals surface area contributed by atoms with Crippen LogP contribution in [0.25, 0.3) is 5.69 Å². The van der Waals surface area contributed by atoms with E-state index in [9.17, 15) is 19.2 Å². The van der Waals surface area contributed by atoms with Crippen molar-refractivity contribution in [3.63, 3.8) is 0 Å². The van der Waals surface area contributed by atoms with E-state index in [1.165, 1.54) is 29.2 Å². The number of nitrogens with one attached hydrogen (secondary N) is 4. The van der Waals surface area contributed by atoms with Gasteiger partial charge in [0.2, 0.25) is 11.8 Å². The van der Waals surface area contributed by atoms with Crippen molar-refractivity contribution in [1.29, 1.82) is 0 Å². The molecule has 1 aromatic heterocycles. The summed E-state index contributed by atoms with van der Waals surface area (Å²) in [6.45, 7) is 0.275. The first-order valence-electron chi connectivity index (χ1n) is 12.3. The number of carbonyl (C=O) groups is 4. The van der Waals surface area contributed by atoms with Gasteiger partial charge in [-0.15, -0.1) is 5.10 Å². The van der Waals surface area contributed by atoms with Gasteiger partial charge in [0.1, 0.15) is 12.4 Å². The third-order valence-electron chi connectivity index (χ3n) is 6.14. The average Bonchev–Trinajstić information content (AvgIpc) is 3.41. The number of amides is 4. The summed E-state index contributed by atoms with van der Waals surface area (Å²) >= 11 is 6.17. The zero-order chi connectivity index (χ0) is 27.8. The van der Waals surface area contributed by atoms with Crippen LogP contribution in [0, 0.1) is 0 Å². The van der Waals surface area contributed by atoms with Gasteiger partial charge in [-0.05, 0) is 71.7 Å². The molecular weight excluding hydrogens is 528 g/mol. The normalized spacial score (nSPS) is 16.1. The van der Waals surface area contributed by atoms with Gasteiger partial charge < -0.3 is 21.1 Å². The first-order valence-corrected chi connectivity index (χ1v) is 12.7. The molecule has 1 atom stereocenters. The highest BCUT2D eigenvalue weighted by Gasteiger charge is 2.24. The van der Waals surface area contributed by atoms with Crippen LogP contribution < -0.4 is 21.3 Å². The molecule has 2 aromatic carbocycles. The first kappa shape index (κ1) is 27.5. The van der Waals surface area contributed by atoms with Crippen LogP contribution in [-0.4, -0.2) is 61.7 Å². The quantitative estimate of drug-likeness (QED) is 0.308. The summed E-state index contributed by atoms with van der Waals surface area (Å²) in [5, 5.41) is 31.3. The number of nitrogens with zero attached hydrogens (tertiary/aromatic N) is 4. The maximum Gasteiger partial charge on any atom is 0.409 e. The highest BCUT2D eigenvalue weighted by atomic mass is 35.5. The van der Waals surface area contributed by atoms with E-state index in [2.05, 4.69) is 36.8 Å². The van der Waals surface area contributed by atoms with Gasteiger partial charge in [-0.1, -0.05) is 24.4 Å². The molecule has 204 valence electrons. The molecule has 0 saturated carbocycles. The van der Waals surface area contributed by atoms with Gasteiger partial charge in [-0.25, -0.2) is 9.48 Å². The number of anilines is 2. The Morgan fingerprint density at radius 3 is 2.74 bits per heavy atom. The van der Waals surface area contributed by atoms with Crippen molar-refractivity contribution in [1.82, 2.24) is 30.8 Å². The second kappa shape index (κ2) is 12.8. The smallest absolute Gasteiger partial charge is 0.409 e. The molecule has 4 rings (SSSR count). The Morgan fingerprint density at radius 2 is 1.97 bits per heavy atom. The van der Waals surface area contributed by atoms with Crippen LogP contribution in [0.5, 0.6) is 0 Å². The fourth-order valence-corrected chi connectivity index (χ4v) is 4.46. The Balaban J connectivity index is 1.47. The fourth-order valence-electron chi connectivity index (χ4n) is 4.27. The van der Waals surface area contributed by atoms with Crippen molar-refractivity contribution in [2.75, 3.05) is 17.2 Å². The predicted octanol–water partition coefficient (Wildman–Crippen LogP) is 2.77. The lowest BCUT2D eigenvalue weighted by molar-refractivity contribution is -0.123. The fraction of sp³-hybridized carbons (Fsp3) is 0.320. The third-order valence-corrected chi connectivity index (χ3v) is 6.37. The molecule has 0 fully saturated rings. The molecule has 1 aliphatic rings. The Bertz CT molecular complexity index is 1360. The molecule has 0 saturated heterocycles. The zero-order valence-electron chi connectivity index (χ0n) is 20.8. The minimum Gasteiger partial charge on any atom is -0.465 e. The molecule has 4 amide bonds. The highest BCUT2D eigenvalue weighted by Crippen LogP contribution is 2.23. The van der Waals surface area contributed by atoms with Gasteiger partial charge in [-0.2, -0.15) is 0 Å².